The molecule has 1 aliphatic carbocycles. The minimum atomic E-state index is -0.364. The maximum atomic E-state index is 11.9. The molecule has 0 bridgehead atoms. The summed E-state index contributed by atoms with van der Waals surface area (Å²) in [6.07, 6.45) is 14.0. The van der Waals surface area contributed by atoms with Crippen LogP contribution >= 0.6 is 11.6 Å². The largest absolute Gasteiger partial charge is 0.365 e. The summed E-state index contributed by atoms with van der Waals surface area (Å²) in [5, 5.41) is 4.05. The first-order valence-electron chi connectivity index (χ1n) is 11.6. The first-order valence-corrected chi connectivity index (χ1v) is 11.9. The van der Waals surface area contributed by atoms with Crippen LogP contribution in [0.3, 0.4) is 0 Å². The molecule has 1 saturated carbocycles. The lowest BCUT2D eigenvalue weighted by Crippen LogP contribution is -2.32. The van der Waals surface area contributed by atoms with Crippen LogP contribution in [-0.2, 0) is 14.4 Å². The van der Waals surface area contributed by atoms with Crippen molar-refractivity contribution in [2.45, 2.75) is 63.7 Å². The van der Waals surface area contributed by atoms with Gasteiger partial charge in [0.25, 0.3) is 5.91 Å². The zero-order valence-electron chi connectivity index (χ0n) is 18.0. The third-order valence-electron chi connectivity index (χ3n) is 6.32. The third kappa shape index (κ3) is 6.91. The quantitative estimate of drug-likeness (QED) is 0.462. The molecule has 1 unspecified atom stereocenters. The molecule has 3 fully saturated rings. The highest BCUT2D eigenvalue weighted by molar-refractivity contribution is 6.33. The fourth-order valence-corrected chi connectivity index (χ4v) is 4.88. The molecule has 2 aliphatic heterocycles. The second kappa shape index (κ2) is 11.3. The smallest absolute Gasteiger partial charge is 0.267 e. The number of ether oxygens (including phenoxy) is 1. The maximum Gasteiger partial charge on any atom is 0.267 e. The van der Waals surface area contributed by atoms with Gasteiger partial charge in [0.2, 0.25) is 0 Å². The maximum absolute atomic E-state index is 11.9. The Morgan fingerprint density at radius 3 is 2.87 bits per heavy atom. The van der Waals surface area contributed by atoms with Crippen molar-refractivity contribution in [2.75, 3.05) is 31.6 Å². The Labute approximate surface area is 189 Å². The van der Waals surface area contributed by atoms with Crippen molar-refractivity contribution in [3.8, 4) is 0 Å². The van der Waals surface area contributed by atoms with E-state index in [2.05, 4.69) is 20.7 Å². The predicted octanol–water partition coefficient (Wildman–Crippen LogP) is 4.00. The van der Waals surface area contributed by atoms with Gasteiger partial charge in [0, 0.05) is 51.0 Å². The van der Waals surface area contributed by atoms with Crippen molar-refractivity contribution in [2.24, 2.45) is 5.92 Å². The molecule has 170 valence electrons. The molecule has 2 N–H and O–H groups in total. The molecule has 1 aromatic rings. The van der Waals surface area contributed by atoms with E-state index >= 15 is 0 Å². The topological polar surface area (TPSA) is 75.7 Å². The van der Waals surface area contributed by atoms with Crippen molar-refractivity contribution >= 4 is 29.4 Å². The molecule has 0 aromatic carbocycles. The molecular formula is C23H33ClN4O3. The van der Waals surface area contributed by atoms with Gasteiger partial charge in [-0.1, -0.05) is 24.4 Å². The lowest BCUT2D eigenvalue weighted by molar-refractivity contribution is -0.198. The number of carbonyl (C=O) groups is 1. The van der Waals surface area contributed by atoms with E-state index in [-0.39, 0.29) is 12.2 Å². The van der Waals surface area contributed by atoms with E-state index in [1.54, 1.807) is 12.3 Å². The van der Waals surface area contributed by atoms with Crippen molar-refractivity contribution in [1.82, 2.24) is 15.4 Å². The molecular weight excluding hydrogens is 416 g/mol. The molecule has 3 heterocycles. The Morgan fingerprint density at radius 2 is 2.10 bits per heavy atom. The lowest BCUT2D eigenvalue weighted by Gasteiger charge is -2.21. The number of nitrogens with zero attached hydrogens (tertiary/aromatic N) is 2. The Kier molecular flexibility index (Phi) is 8.19. The van der Waals surface area contributed by atoms with Crippen LogP contribution in [0.5, 0.6) is 0 Å². The Bertz CT molecular complexity index is 763. The van der Waals surface area contributed by atoms with Crippen LogP contribution in [-0.4, -0.2) is 54.4 Å². The van der Waals surface area contributed by atoms with E-state index < -0.39 is 0 Å². The van der Waals surface area contributed by atoms with Crippen molar-refractivity contribution in [3.63, 3.8) is 0 Å². The third-order valence-corrected chi connectivity index (χ3v) is 6.61. The number of carbonyl (C=O) groups excluding carboxylic acids is 1. The van der Waals surface area contributed by atoms with Gasteiger partial charge < -0.3 is 15.0 Å². The molecule has 0 radical (unpaired) electrons. The zero-order valence-corrected chi connectivity index (χ0v) is 18.8. The highest BCUT2D eigenvalue weighted by Gasteiger charge is 2.26. The molecule has 31 heavy (non-hydrogen) atoms. The van der Waals surface area contributed by atoms with Gasteiger partial charge in [-0.25, -0.2) is 15.3 Å². The molecule has 4 rings (SSSR count). The molecule has 8 heteroatoms. The number of hydroxylamine groups is 1. The average Bonchev–Trinajstić information content (AvgIpc) is 3.46. The van der Waals surface area contributed by atoms with E-state index in [1.807, 2.05) is 6.07 Å². The van der Waals surface area contributed by atoms with Crippen LogP contribution < -0.4 is 10.8 Å². The highest BCUT2D eigenvalue weighted by Crippen LogP contribution is 2.28. The van der Waals surface area contributed by atoms with Gasteiger partial charge in [-0.3, -0.25) is 4.79 Å². The summed E-state index contributed by atoms with van der Waals surface area (Å²) in [5.41, 5.74) is 3.16. The van der Waals surface area contributed by atoms with Gasteiger partial charge in [-0.2, -0.15) is 0 Å². The van der Waals surface area contributed by atoms with Crippen LogP contribution in [0, 0.1) is 5.92 Å². The summed E-state index contributed by atoms with van der Waals surface area (Å²) in [4.78, 5) is 24.3. The fraction of sp³-hybridized carbons (Fsp3) is 0.652. The highest BCUT2D eigenvalue weighted by atomic mass is 35.5. The number of anilines is 1. The number of halogens is 1. The van der Waals surface area contributed by atoms with Crippen LogP contribution in [0.2, 0.25) is 5.02 Å². The standard InChI is InChI=1S/C23H33ClN4O3/c24-20-13-18(8-9-21(29)27-31-22-7-3-4-12-30-22)14-25-23(20)26-19-10-11-28(16-19)15-17-5-1-2-6-17/h8-9,13-14,17,19,22H,1-7,10-12,15-16H2,(H,25,26)(H,27,29)/t19-,22?/m1/s1. The summed E-state index contributed by atoms with van der Waals surface area (Å²) >= 11 is 6.45. The molecule has 1 aromatic heterocycles. The normalized spacial score (nSPS) is 25.3. The van der Waals surface area contributed by atoms with Crippen LogP contribution in [0.25, 0.3) is 6.08 Å². The van der Waals surface area contributed by atoms with Gasteiger partial charge in [0.1, 0.15) is 5.82 Å². The molecule has 2 atom stereocenters. The second-order valence-corrected chi connectivity index (χ2v) is 9.26. The zero-order chi connectivity index (χ0) is 21.5. The van der Waals surface area contributed by atoms with Crippen LogP contribution in [0.15, 0.2) is 18.3 Å². The molecule has 7 nitrogen and oxygen atoms in total. The first kappa shape index (κ1) is 22.5. The minimum Gasteiger partial charge on any atom is -0.365 e. The Morgan fingerprint density at radius 1 is 1.26 bits per heavy atom. The number of likely N-dealkylation sites (tertiary alicyclic amines) is 1. The minimum absolute atomic E-state index is 0.346. The number of aromatic nitrogens is 1. The van der Waals surface area contributed by atoms with Crippen molar-refractivity contribution in [1.29, 1.82) is 0 Å². The van der Waals surface area contributed by atoms with Crippen molar-refractivity contribution in [3.05, 3.63) is 28.9 Å². The van der Waals surface area contributed by atoms with Gasteiger partial charge in [0.05, 0.1) is 5.02 Å². The fourth-order valence-electron chi connectivity index (χ4n) is 4.65. The average molecular weight is 449 g/mol. The Hall–Kier alpha value is -1.67. The summed E-state index contributed by atoms with van der Waals surface area (Å²) in [6.45, 7) is 4.07. The van der Waals surface area contributed by atoms with Gasteiger partial charge in [-0.05, 0) is 55.7 Å². The summed E-state index contributed by atoms with van der Waals surface area (Å²) in [5.74, 6) is 1.24. The summed E-state index contributed by atoms with van der Waals surface area (Å²) in [6, 6.07) is 2.19. The predicted molar refractivity (Wildman–Crippen MR) is 122 cm³/mol. The summed E-state index contributed by atoms with van der Waals surface area (Å²) in [7, 11) is 0. The molecule has 3 aliphatic rings. The number of hydrogen-bond donors (Lipinski definition) is 2. The van der Waals surface area contributed by atoms with Gasteiger partial charge >= 0.3 is 0 Å². The number of nitrogens with one attached hydrogen (secondary N) is 2. The monoisotopic (exact) mass is 448 g/mol. The lowest BCUT2D eigenvalue weighted by atomic mass is 10.1. The number of amides is 1. The number of rotatable bonds is 8. The van der Waals surface area contributed by atoms with E-state index in [0.29, 0.717) is 23.5 Å². The number of pyridine rings is 1. The number of hydrogen-bond acceptors (Lipinski definition) is 6. The van der Waals surface area contributed by atoms with E-state index in [1.165, 1.54) is 38.3 Å². The molecule has 2 saturated heterocycles. The molecule has 0 spiro atoms. The van der Waals surface area contributed by atoms with Crippen LogP contribution in [0.1, 0.15) is 56.9 Å². The second-order valence-electron chi connectivity index (χ2n) is 8.85. The Balaban J connectivity index is 1.22. The van der Waals surface area contributed by atoms with E-state index in [9.17, 15) is 4.79 Å². The van der Waals surface area contributed by atoms with E-state index in [0.717, 1.165) is 50.3 Å². The van der Waals surface area contributed by atoms with Gasteiger partial charge in [0.15, 0.2) is 6.29 Å². The summed E-state index contributed by atoms with van der Waals surface area (Å²) < 4.78 is 5.42. The van der Waals surface area contributed by atoms with Crippen molar-refractivity contribution < 1.29 is 14.4 Å². The van der Waals surface area contributed by atoms with Gasteiger partial charge in [-0.15, -0.1) is 0 Å². The van der Waals surface area contributed by atoms with Crippen LogP contribution in [0.4, 0.5) is 5.82 Å². The molecule has 1 amide bonds. The SMILES string of the molecule is O=C(C=Cc1cnc(N[C@@H]2CCN(CC3CCCC3)C2)c(Cl)c1)NOC1CCCCO1. The first-order chi connectivity index (χ1) is 15.2. The van der Waals surface area contributed by atoms with E-state index in [4.69, 9.17) is 21.2 Å².